The molecule has 0 bridgehead atoms. The molecule has 0 unspecified atom stereocenters. The fourth-order valence-electron chi connectivity index (χ4n) is 2.49. The predicted molar refractivity (Wildman–Crippen MR) is 60.3 cm³/mol. The van der Waals surface area contributed by atoms with Crippen LogP contribution in [0.4, 0.5) is 0 Å². The Morgan fingerprint density at radius 3 is 2.33 bits per heavy atom. The maximum absolute atomic E-state index is 11.3. The highest BCUT2D eigenvalue weighted by atomic mass is 16.5. The topological polar surface area (TPSA) is 52.3 Å². The summed E-state index contributed by atoms with van der Waals surface area (Å²) in [5, 5.41) is 0. The van der Waals surface area contributed by atoms with E-state index in [2.05, 4.69) is 13.8 Å². The number of carbonyl (C=O) groups excluding carboxylic acids is 1. The van der Waals surface area contributed by atoms with Crippen molar-refractivity contribution in [2.45, 2.75) is 52.0 Å². The van der Waals surface area contributed by atoms with E-state index in [-0.39, 0.29) is 11.4 Å². The van der Waals surface area contributed by atoms with Gasteiger partial charge in [-0.05, 0) is 37.0 Å². The lowest BCUT2D eigenvalue weighted by Crippen LogP contribution is -2.34. The minimum absolute atomic E-state index is 0.0488. The van der Waals surface area contributed by atoms with Crippen molar-refractivity contribution in [1.29, 1.82) is 0 Å². The van der Waals surface area contributed by atoms with E-state index in [1.807, 2.05) is 0 Å². The Balaban J connectivity index is 2.49. The first-order valence-corrected chi connectivity index (χ1v) is 5.78. The van der Waals surface area contributed by atoms with Crippen LogP contribution in [0.2, 0.25) is 0 Å². The number of esters is 1. The van der Waals surface area contributed by atoms with Crippen LogP contribution in [0, 0.1) is 11.3 Å². The molecule has 15 heavy (non-hydrogen) atoms. The quantitative estimate of drug-likeness (QED) is 0.730. The second-order valence-electron chi connectivity index (χ2n) is 5.35. The van der Waals surface area contributed by atoms with Gasteiger partial charge in [0.05, 0.1) is 13.5 Å². The Kier molecular flexibility index (Phi) is 4.14. The van der Waals surface area contributed by atoms with E-state index < -0.39 is 0 Å². The lowest BCUT2D eigenvalue weighted by molar-refractivity contribution is -0.144. The smallest absolute Gasteiger partial charge is 0.306 e. The Morgan fingerprint density at radius 1 is 1.33 bits per heavy atom. The molecule has 0 aromatic rings. The van der Waals surface area contributed by atoms with Crippen molar-refractivity contribution in [2.75, 3.05) is 7.11 Å². The molecule has 0 radical (unpaired) electrons. The van der Waals surface area contributed by atoms with Gasteiger partial charge in [0.15, 0.2) is 0 Å². The Bertz CT molecular complexity index is 218. The number of nitrogens with two attached hydrogens (primary N) is 1. The maximum Gasteiger partial charge on any atom is 0.306 e. The van der Waals surface area contributed by atoms with E-state index in [4.69, 9.17) is 10.5 Å². The SMILES string of the molecule is COC(=O)CC(C)(C)C1CCC(N)CC1. The van der Waals surface area contributed by atoms with Gasteiger partial charge in [0.2, 0.25) is 0 Å². The minimum Gasteiger partial charge on any atom is -0.469 e. The van der Waals surface area contributed by atoms with Crippen LogP contribution >= 0.6 is 0 Å². The third-order valence-electron chi connectivity index (χ3n) is 3.70. The summed E-state index contributed by atoms with van der Waals surface area (Å²) < 4.78 is 4.73. The molecule has 0 spiro atoms. The molecule has 0 aromatic heterocycles. The van der Waals surface area contributed by atoms with Crippen molar-refractivity contribution in [3.8, 4) is 0 Å². The number of hydrogen-bond acceptors (Lipinski definition) is 3. The van der Waals surface area contributed by atoms with Crippen molar-refractivity contribution in [2.24, 2.45) is 17.1 Å². The van der Waals surface area contributed by atoms with Crippen molar-refractivity contribution in [3.63, 3.8) is 0 Å². The van der Waals surface area contributed by atoms with Crippen molar-refractivity contribution in [1.82, 2.24) is 0 Å². The van der Waals surface area contributed by atoms with Crippen LogP contribution in [-0.2, 0) is 9.53 Å². The van der Waals surface area contributed by atoms with Crippen LogP contribution in [0.25, 0.3) is 0 Å². The molecule has 1 aliphatic rings. The van der Waals surface area contributed by atoms with E-state index in [0.29, 0.717) is 18.4 Å². The number of hydrogen-bond donors (Lipinski definition) is 1. The molecular formula is C12H23NO2. The molecule has 1 fully saturated rings. The lowest BCUT2D eigenvalue weighted by Gasteiger charge is -2.37. The number of carbonyl (C=O) groups is 1. The van der Waals surface area contributed by atoms with Crippen LogP contribution in [0.5, 0.6) is 0 Å². The fourth-order valence-corrected chi connectivity index (χ4v) is 2.49. The van der Waals surface area contributed by atoms with E-state index in [0.717, 1.165) is 25.7 Å². The highest BCUT2D eigenvalue weighted by Crippen LogP contribution is 2.40. The van der Waals surface area contributed by atoms with Crippen molar-refractivity contribution < 1.29 is 9.53 Å². The minimum atomic E-state index is -0.102. The normalized spacial score (nSPS) is 27.5. The highest BCUT2D eigenvalue weighted by Gasteiger charge is 2.34. The predicted octanol–water partition coefficient (Wildman–Crippen LogP) is 2.09. The molecule has 0 aliphatic heterocycles. The maximum atomic E-state index is 11.3. The van der Waals surface area contributed by atoms with Crippen LogP contribution in [0.1, 0.15) is 46.0 Å². The number of methoxy groups -OCH3 is 1. The summed E-state index contributed by atoms with van der Waals surface area (Å²) in [6, 6.07) is 0.371. The van der Waals surface area contributed by atoms with E-state index >= 15 is 0 Å². The standard InChI is InChI=1S/C12H23NO2/c1-12(2,8-11(14)15-3)9-4-6-10(13)7-5-9/h9-10H,4-8,13H2,1-3H3. The molecule has 0 atom stereocenters. The van der Waals surface area contributed by atoms with Crippen molar-refractivity contribution >= 4 is 5.97 Å². The third-order valence-corrected chi connectivity index (χ3v) is 3.70. The second-order valence-corrected chi connectivity index (χ2v) is 5.35. The molecule has 1 rings (SSSR count). The zero-order chi connectivity index (χ0) is 11.5. The summed E-state index contributed by atoms with van der Waals surface area (Å²) in [4.78, 5) is 11.3. The van der Waals surface area contributed by atoms with Crippen LogP contribution < -0.4 is 5.73 Å². The molecule has 88 valence electrons. The molecule has 0 aromatic carbocycles. The molecule has 0 saturated heterocycles. The molecule has 0 amide bonds. The first kappa shape index (κ1) is 12.5. The molecule has 3 nitrogen and oxygen atoms in total. The first-order valence-electron chi connectivity index (χ1n) is 5.78. The van der Waals surface area contributed by atoms with Gasteiger partial charge in [0.25, 0.3) is 0 Å². The molecular weight excluding hydrogens is 190 g/mol. The first-order chi connectivity index (χ1) is 6.95. The van der Waals surface area contributed by atoms with Gasteiger partial charge < -0.3 is 10.5 Å². The zero-order valence-corrected chi connectivity index (χ0v) is 10.1. The van der Waals surface area contributed by atoms with Gasteiger partial charge in [-0.3, -0.25) is 4.79 Å². The summed E-state index contributed by atoms with van der Waals surface area (Å²) in [6.07, 6.45) is 4.99. The average molecular weight is 213 g/mol. The second kappa shape index (κ2) is 4.97. The van der Waals surface area contributed by atoms with Gasteiger partial charge >= 0.3 is 5.97 Å². The molecule has 1 saturated carbocycles. The molecule has 3 heteroatoms. The van der Waals surface area contributed by atoms with E-state index in [1.165, 1.54) is 7.11 Å². The average Bonchev–Trinajstić information content (AvgIpc) is 2.17. The summed E-state index contributed by atoms with van der Waals surface area (Å²) in [6.45, 7) is 4.32. The third kappa shape index (κ3) is 3.49. The largest absolute Gasteiger partial charge is 0.469 e. The van der Waals surface area contributed by atoms with E-state index in [1.54, 1.807) is 0 Å². The van der Waals surface area contributed by atoms with E-state index in [9.17, 15) is 4.79 Å². The van der Waals surface area contributed by atoms with Gasteiger partial charge in [-0.2, -0.15) is 0 Å². The summed E-state index contributed by atoms with van der Waals surface area (Å²) in [5.41, 5.74) is 5.92. The Morgan fingerprint density at radius 2 is 1.87 bits per heavy atom. The number of rotatable bonds is 3. The summed E-state index contributed by atoms with van der Waals surface area (Å²) >= 11 is 0. The van der Waals surface area contributed by atoms with Crippen LogP contribution in [0.3, 0.4) is 0 Å². The van der Waals surface area contributed by atoms with Gasteiger partial charge in [-0.15, -0.1) is 0 Å². The zero-order valence-electron chi connectivity index (χ0n) is 10.1. The van der Waals surface area contributed by atoms with Gasteiger partial charge in [0, 0.05) is 6.04 Å². The monoisotopic (exact) mass is 213 g/mol. The van der Waals surface area contributed by atoms with Crippen LogP contribution in [0.15, 0.2) is 0 Å². The Hall–Kier alpha value is -0.570. The van der Waals surface area contributed by atoms with Crippen LogP contribution in [-0.4, -0.2) is 19.1 Å². The molecule has 2 N–H and O–H groups in total. The van der Waals surface area contributed by atoms with Gasteiger partial charge in [0.1, 0.15) is 0 Å². The molecule has 0 heterocycles. The van der Waals surface area contributed by atoms with Crippen molar-refractivity contribution in [3.05, 3.63) is 0 Å². The number of ether oxygens (including phenoxy) is 1. The highest BCUT2D eigenvalue weighted by molar-refractivity contribution is 5.70. The summed E-state index contributed by atoms with van der Waals surface area (Å²) in [7, 11) is 1.45. The molecule has 1 aliphatic carbocycles. The lowest BCUT2D eigenvalue weighted by atomic mass is 9.68. The van der Waals surface area contributed by atoms with Gasteiger partial charge in [-0.25, -0.2) is 0 Å². The Labute approximate surface area is 92.4 Å². The van der Waals surface area contributed by atoms with Gasteiger partial charge in [-0.1, -0.05) is 13.8 Å². The fraction of sp³-hybridized carbons (Fsp3) is 0.917. The summed E-state index contributed by atoms with van der Waals surface area (Å²) in [5.74, 6) is 0.506.